The molecule has 7 aromatic rings. The molecule has 0 amide bonds. The van der Waals surface area contributed by atoms with Gasteiger partial charge in [-0.1, -0.05) is 90.5 Å². The van der Waals surface area contributed by atoms with Gasteiger partial charge in [0.2, 0.25) is 0 Å². The van der Waals surface area contributed by atoms with Crippen molar-refractivity contribution in [2.45, 2.75) is 20.8 Å². The van der Waals surface area contributed by atoms with Gasteiger partial charge in [-0.15, -0.1) is 11.6 Å². The molecule has 0 aliphatic carbocycles. The predicted molar refractivity (Wildman–Crippen MR) is 223 cm³/mol. The summed E-state index contributed by atoms with van der Waals surface area (Å²) in [5, 5.41) is 6.06. The van der Waals surface area contributed by atoms with Crippen LogP contribution in [0.2, 0.25) is 0 Å². The predicted octanol–water partition coefficient (Wildman–Crippen LogP) is 10.2. The normalized spacial score (nSPS) is 10.4. The minimum Gasteiger partial charge on any atom is -0.748 e. The van der Waals surface area contributed by atoms with Crippen LogP contribution in [0.4, 0.5) is 5.69 Å². The van der Waals surface area contributed by atoms with E-state index in [4.69, 9.17) is 0 Å². The molecule has 0 saturated heterocycles. The minimum atomic E-state index is -0.783. The maximum Gasteiger partial charge on any atom is 2.00 e. The summed E-state index contributed by atoms with van der Waals surface area (Å²) < 4.78 is 0. The van der Waals surface area contributed by atoms with E-state index in [1.54, 1.807) is 0 Å². The van der Waals surface area contributed by atoms with Crippen LogP contribution < -0.4 is 21.2 Å². The van der Waals surface area contributed by atoms with E-state index in [1.165, 1.54) is 50.2 Å². The molecule has 0 radical (unpaired) electrons. The van der Waals surface area contributed by atoms with Crippen molar-refractivity contribution in [2.24, 2.45) is 4.99 Å². The van der Waals surface area contributed by atoms with Gasteiger partial charge in [-0.25, -0.2) is 0 Å². The summed E-state index contributed by atoms with van der Waals surface area (Å²) in [5.74, 6) is 0. The van der Waals surface area contributed by atoms with Gasteiger partial charge >= 0.3 is 20.4 Å². The first-order chi connectivity index (χ1) is 24.1. The Kier molecular flexibility index (Phi) is 19.0. The van der Waals surface area contributed by atoms with Gasteiger partial charge in [0.1, 0.15) is 12.3 Å². The van der Waals surface area contributed by atoms with Gasteiger partial charge in [0.15, 0.2) is 0 Å². The second kappa shape index (κ2) is 23.1. The summed E-state index contributed by atoms with van der Waals surface area (Å²) in [6.07, 6.45) is 4.44. The topological polar surface area (TPSA) is 12.4 Å². The van der Waals surface area contributed by atoms with Crippen LogP contribution in [0, 0.1) is 20.8 Å². The molecule has 1 nitrogen and oxygen atoms in total. The SMILES string of the molecule is Cc1cc(C)c(N=Cc2ccc[cH-]2)c(C)c1.[Fe].[Pd+2].[cH-]1[cH-][cH-][cH-][cH-]1.c1ccc([PH+](CC[PH+](c2ccccc2)c2ccccc2)c2ccccc2)cc1. The molecule has 0 saturated carbocycles. The van der Waals surface area contributed by atoms with Gasteiger partial charge in [0.05, 0.1) is 42.7 Å². The molecular weight excluding hydrogens is 791 g/mol. The van der Waals surface area contributed by atoms with Crippen molar-refractivity contribution in [2.75, 3.05) is 12.3 Å². The summed E-state index contributed by atoms with van der Waals surface area (Å²) in [5.41, 5.74) is 6.01. The molecule has 0 unspecified atom stereocenters. The fourth-order valence-corrected chi connectivity index (χ4v) is 12.2. The number of benzene rings is 5. The maximum absolute atomic E-state index is 4.56. The summed E-state index contributed by atoms with van der Waals surface area (Å²) in [7, 11) is -1.57. The Morgan fingerprint density at radius 3 is 1.18 bits per heavy atom. The van der Waals surface area contributed by atoms with E-state index in [9.17, 15) is 0 Å². The molecule has 5 heteroatoms. The fraction of sp³-hybridized carbons (Fsp3) is 0.109. The Morgan fingerprint density at radius 1 is 0.510 bits per heavy atom. The molecule has 0 N–H and O–H groups in total. The van der Waals surface area contributed by atoms with Crippen LogP contribution in [-0.4, -0.2) is 18.5 Å². The van der Waals surface area contributed by atoms with Gasteiger partial charge in [-0.2, -0.15) is 18.2 Å². The van der Waals surface area contributed by atoms with Crippen LogP contribution in [0.15, 0.2) is 193 Å². The smallest absolute Gasteiger partial charge is 0.748 e. The van der Waals surface area contributed by atoms with E-state index in [0.717, 1.165) is 11.3 Å². The zero-order valence-electron chi connectivity index (χ0n) is 29.5. The van der Waals surface area contributed by atoms with Crippen LogP contribution in [0.1, 0.15) is 22.3 Å². The quantitative estimate of drug-likeness (QED) is 0.0595. The van der Waals surface area contributed by atoms with E-state index in [2.05, 4.69) is 171 Å². The molecule has 0 aliphatic heterocycles. The zero-order chi connectivity index (χ0) is 34.1. The first-order valence-corrected chi connectivity index (χ1v) is 20.4. The van der Waals surface area contributed by atoms with Crippen LogP contribution in [-0.2, 0) is 37.5 Å². The number of hydrogen-bond donors (Lipinski definition) is 0. The Hall–Kier alpha value is -3.49. The summed E-state index contributed by atoms with van der Waals surface area (Å²) >= 11 is 0. The van der Waals surface area contributed by atoms with E-state index in [0.29, 0.717) is 0 Å². The van der Waals surface area contributed by atoms with Gasteiger partial charge in [0, 0.05) is 17.1 Å². The fourth-order valence-electron chi connectivity index (χ4n) is 6.03. The number of aryl methyl sites for hydroxylation is 3. The van der Waals surface area contributed by atoms with Crippen molar-refractivity contribution < 1.29 is 37.5 Å². The zero-order valence-corrected chi connectivity index (χ0v) is 34.2. The third-order valence-electron chi connectivity index (χ3n) is 8.34. The molecule has 0 fully saturated rings. The second-order valence-corrected chi connectivity index (χ2v) is 17.3. The first-order valence-electron chi connectivity index (χ1n) is 17.0. The first kappa shape index (κ1) is 41.9. The van der Waals surface area contributed by atoms with E-state index in [1.807, 2.05) is 48.7 Å². The van der Waals surface area contributed by atoms with Crippen LogP contribution >= 0.6 is 15.8 Å². The molecule has 266 valence electrons. The van der Waals surface area contributed by atoms with Crippen molar-refractivity contribution in [3.05, 3.63) is 210 Å². The van der Waals surface area contributed by atoms with Gasteiger partial charge < -0.3 is 35.3 Å². The summed E-state index contributed by atoms with van der Waals surface area (Å²) in [6, 6.07) is 67.0. The molecule has 0 atom stereocenters. The van der Waals surface area contributed by atoms with E-state index in [-0.39, 0.29) is 37.5 Å². The van der Waals surface area contributed by atoms with Crippen molar-refractivity contribution in [1.29, 1.82) is 0 Å². The average molecular weight is 838 g/mol. The Bertz CT molecular complexity index is 1730. The molecule has 0 aliphatic rings. The van der Waals surface area contributed by atoms with Crippen molar-refractivity contribution in [3.63, 3.8) is 0 Å². The van der Waals surface area contributed by atoms with Gasteiger partial charge in [0.25, 0.3) is 0 Å². The minimum absolute atomic E-state index is 0. The second-order valence-electron chi connectivity index (χ2n) is 12.1. The number of hydrogen-bond acceptors (Lipinski definition) is 1. The maximum atomic E-state index is 4.56. The summed E-state index contributed by atoms with van der Waals surface area (Å²) in [6.45, 7) is 6.33. The van der Waals surface area contributed by atoms with Gasteiger partial charge in [-0.05, 0) is 86.6 Å². The summed E-state index contributed by atoms with van der Waals surface area (Å²) in [4.78, 5) is 4.56. The number of aliphatic imine (C=N–C) groups is 1. The standard InChI is InChI=1S/C26H24P2.C15H16N.C5H5.Fe.Pd/c1-5-13-23(14-6-1)27(24-15-7-2-8-16-24)21-22-28(25-17-9-3-10-18-25)26-19-11-4-12-20-26;1-11-8-12(2)15(13(3)9-11)16-10-14-6-4-5-7-14;1-2-4-5-3-1;;/h1-20H,21-22H2;4-10H,1-3H3;1-5H;;/q;-1;-5;;+2/p+2. The monoisotopic (exact) mass is 837 g/mol. The Morgan fingerprint density at radius 2 is 0.863 bits per heavy atom. The number of nitrogens with zero attached hydrogens (tertiary/aromatic N) is 1. The van der Waals surface area contributed by atoms with Crippen molar-refractivity contribution in [1.82, 2.24) is 0 Å². The van der Waals surface area contributed by atoms with Gasteiger partial charge in [-0.3, -0.25) is 0 Å². The number of rotatable bonds is 9. The Labute approximate surface area is 332 Å². The van der Waals surface area contributed by atoms with Crippen LogP contribution in [0.3, 0.4) is 0 Å². The average Bonchev–Trinajstić information content (AvgIpc) is 3.90. The van der Waals surface area contributed by atoms with Crippen molar-refractivity contribution >= 4 is 49.0 Å². The van der Waals surface area contributed by atoms with Crippen LogP contribution in [0.25, 0.3) is 0 Å². The molecule has 0 bridgehead atoms. The third kappa shape index (κ3) is 13.5. The molecule has 7 aromatic carbocycles. The Balaban J connectivity index is 0.000000257. The van der Waals surface area contributed by atoms with Crippen LogP contribution in [0.5, 0.6) is 0 Å². The van der Waals surface area contributed by atoms with Crippen molar-refractivity contribution in [3.8, 4) is 0 Å². The van der Waals surface area contributed by atoms with E-state index < -0.39 is 15.8 Å². The largest absolute Gasteiger partial charge is 2.00 e. The molecule has 0 heterocycles. The molecule has 0 aromatic heterocycles. The molecule has 0 spiro atoms. The third-order valence-corrected chi connectivity index (χ3v) is 14.5. The molecular formula is C46H47FeNP2Pd-2. The molecule has 51 heavy (non-hydrogen) atoms. The van der Waals surface area contributed by atoms with E-state index >= 15 is 0 Å². The molecule has 7 rings (SSSR count).